The Balaban J connectivity index is 1.72. The number of nitrogens with zero attached hydrogens (tertiary/aromatic N) is 1. The van der Waals surface area contributed by atoms with Gasteiger partial charge in [-0.25, -0.2) is 0 Å². The Labute approximate surface area is 117 Å². The zero-order chi connectivity index (χ0) is 14.3. The Hall–Kier alpha value is -1.78. The number of furan rings is 1. The van der Waals surface area contributed by atoms with E-state index in [1.807, 2.05) is 24.0 Å². The largest absolute Gasteiger partial charge is 0.481 e. The molecule has 2 heterocycles. The summed E-state index contributed by atoms with van der Waals surface area (Å²) < 4.78 is 5.76. The Morgan fingerprint density at radius 2 is 2.20 bits per heavy atom. The highest BCUT2D eigenvalue weighted by atomic mass is 16.4. The molecule has 1 aromatic heterocycles. The van der Waals surface area contributed by atoms with Gasteiger partial charge in [0.15, 0.2) is 0 Å². The highest BCUT2D eigenvalue weighted by Gasteiger charge is 2.51. The van der Waals surface area contributed by atoms with Gasteiger partial charge in [-0.1, -0.05) is 6.92 Å². The van der Waals surface area contributed by atoms with Crippen LogP contribution in [0.3, 0.4) is 0 Å². The number of likely N-dealkylation sites (tertiary alicyclic amines) is 1. The predicted octanol–water partition coefficient (Wildman–Crippen LogP) is 2.23. The zero-order valence-corrected chi connectivity index (χ0v) is 11.5. The molecule has 1 aromatic rings. The number of carbonyl (C=O) groups excluding carboxylic acids is 1. The third-order valence-electron chi connectivity index (χ3n) is 4.32. The van der Waals surface area contributed by atoms with E-state index in [2.05, 4.69) is 0 Å². The number of carbonyl (C=O) groups is 2. The van der Waals surface area contributed by atoms with Crippen molar-refractivity contribution >= 4 is 11.9 Å². The van der Waals surface area contributed by atoms with Crippen LogP contribution < -0.4 is 0 Å². The van der Waals surface area contributed by atoms with Gasteiger partial charge in [0.05, 0.1) is 17.9 Å². The van der Waals surface area contributed by atoms with Crippen molar-refractivity contribution in [3.05, 3.63) is 23.7 Å². The van der Waals surface area contributed by atoms with E-state index in [-0.39, 0.29) is 17.9 Å². The van der Waals surface area contributed by atoms with Crippen molar-refractivity contribution in [2.45, 2.75) is 38.6 Å². The Kier molecular flexibility index (Phi) is 3.28. The number of carboxylic acids is 1. The molecule has 1 aliphatic heterocycles. The van der Waals surface area contributed by atoms with E-state index in [1.54, 1.807) is 0 Å². The number of amides is 1. The Bertz CT molecular complexity index is 536. The molecule has 0 radical (unpaired) electrons. The number of carboxylic acid groups (broad SMARTS) is 1. The Morgan fingerprint density at radius 3 is 2.80 bits per heavy atom. The van der Waals surface area contributed by atoms with Crippen molar-refractivity contribution in [1.29, 1.82) is 0 Å². The van der Waals surface area contributed by atoms with Crippen LogP contribution in [0, 0.1) is 11.8 Å². The minimum atomic E-state index is -0.856. The second-order valence-corrected chi connectivity index (χ2v) is 5.63. The van der Waals surface area contributed by atoms with Gasteiger partial charge in [-0.2, -0.15) is 0 Å². The first-order valence-corrected chi connectivity index (χ1v) is 7.23. The summed E-state index contributed by atoms with van der Waals surface area (Å²) in [7, 11) is 0. The van der Waals surface area contributed by atoms with Gasteiger partial charge in [-0.3, -0.25) is 9.59 Å². The van der Waals surface area contributed by atoms with Crippen molar-refractivity contribution in [2.24, 2.45) is 11.8 Å². The summed E-state index contributed by atoms with van der Waals surface area (Å²) in [6.45, 7) is 2.73. The summed E-state index contributed by atoms with van der Waals surface area (Å²) >= 11 is 0. The lowest BCUT2D eigenvalue weighted by Gasteiger charge is -2.23. The molecule has 5 heteroatoms. The molecule has 3 rings (SSSR count). The van der Waals surface area contributed by atoms with Crippen LogP contribution in [-0.4, -0.2) is 28.4 Å². The maximum Gasteiger partial charge on any atom is 0.307 e. The molecule has 1 saturated carbocycles. The molecule has 0 aromatic carbocycles. The normalized spacial score (nSPS) is 28.6. The van der Waals surface area contributed by atoms with E-state index in [1.165, 1.54) is 0 Å². The standard InChI is InChI=1S/C15H19NO4/c1-2-9-5-6-13(20-9)12-4-3-7-16(12)14(17)10-8-11(10)15(18)19/h5-6,10-12H,2-4,7-8H2,1H3,(H,18,19)/t10-,11+,12+/m1/s1. The minimum Gasteiger partial charge on any atom is -0.481 e. The van der Waals surface area contributed by atoms with Gasteiger partial charge in [-0.05, 0) is 31.4 Å². The third kappa shape index (κ3) is 2.21. The molecule has 1 N–H and O–H groups in total. The molecule has 1 aliphatic carbocycles. The van der Waals surface area contributed by atoms with Gasteiger partial charge in [-0.15, -0.1) is 0 Å². The van der Waals surface area contributed by atoms with Crippen molar-refractivity contribution in [3.63, 3.8) is 0 Å². The number of hydrogen-bond donors (Lipinski definition) is 1. The quantitative estimate of drug-likeness (QED) is 0.916. The summed E-state index contributed by atoms with van der Waals surface area (Å²) in [5, 5.41) is 8.94. The van der Waals surface area contributed by atoms with Crippen LogP contribution in [0.25, 0.3) is 0 Å². The van der Waals surface area contributed by atoms with Crippen molar-refractivity contribution in [2.75, 3.05) is 6.54 Å². The molecule has 1 amide bonds. The van der Waals surface area contributed by atoms with E-state index in [0.717, 1.165) is 30.8 Å². The molecule has 5 nitrogen and oxygen atoms in total. The van der Waals surface area contributed by atoms with Gasteiger partial charge >= 0.3 is 5.97 Å². The molecule has 0 spiro atoms. The maximum atomic E-state index is 12.4. The Morgan fingerprint density at radius 1 is 1.40 bits per heavy atom. The summed E-state index contributed by atoms with van der Waals surface area (Å²) in [5.74, 6) is 0.0781. The fraction of sp³-hybridized carbons (Fsp3) is 0.600. The second-order valence-electron chi connectivity index (χ2n) is 5.63. The van der Waals surface area contributed by atoms with Crippen LogP contribution in [0.1, 0.15) is 43.7 Å². The number of rotatable bonds is 4. The van der Waals surface area contributed by atoms with Crippen molar-refractivity contribution in [1.82, 2.24) is 4.90 Å². The van der Waals surface area contributed by atoms with Gasteiger partial charge in [0.1, 0.15) is 11.5 Å². The maximum absolute atomic E-state index is 12.4. The molecular formula is C15H19NO4. The zero-order valence-electron chi connectivity index (χ0n) is 11.5. The lowest BCUT2D eigenvalue weighted by Crippen LogP contribution is -2.32. The predicted molar refractivity (Wildman–Crippen MR) is 71.0 cm³/mol. The SMILES string of the molecule is CCc1ccc([C@@H]2CCCN2C(=O)[C@@H]2C[C@@H]2C(=O)O)o1. The van der Waals surface area contributed by atoms with E-state index >= 15 is 0 Å². The van der Waals surface area contributed by atoms with Crippen LogP contribution in [0.4, 0.5) is 0 Å². The monoisotopic (exact) mass is 277 g/mol. The highest BCUT2D eigenvalue weighted by Crippen LogP contribution is 2.43. The average molecular weight is 277 g/mol. The van der Waals surface area contributed by atoms with E-state index in [9.17, 15) is 9.59 Å². The lowest BCUT2D eigenvalue weighted by atomic mass is 10.1. The molecule has 108 valence electrons. The summed E-state index contributed by atoms with van der Waals surface area (Å²) in [4.78, 5) is 25.1. The van der Waals surface area contributed by atoms with Crippen LogP contribution in [0.5, 0.6) is 0 Å². The smallest absolute Gasteiger partial charge is 0.307 e. The van der Waals surface area contributed by atoms with E-state index < -0.39 is 11.9 Å². The number of hydrogen-bond acceptors (Lipinski definition) is 3. The van der Waals surface area contributed by atoms with Gasteiger partial charge in [0.25, 0.3) is 0 Å². The van der Waals surface area contributed by atoms with E-state index in [0.29, 0.717) is 13.0 Å². The summed E-state index contributed by atoms with van der Waals surface area (Å²) in [5.41, 5.74) is 0. The molecule has 0 bridgehead atoms. The average Bonchev–Trinajstić information content (AvgIpc) is 2.87. The minimum absolute atomic E-state index is 0.0159. The summed E-state index contributed by atoms with van der Waals surface area (Å²) in [6.07, 6.45) is 3.16. The molecule has 20 heavy (non-hydrogen) atoms. The fourth-order valence-corrected chi connectivity index (χ4v) is 3.04. The molecular weight excluding hydrogens is 258 g/mol. The third-order valence-corrected chi connectivity index (χ3v) is 4.32. The van der Waals surface area contributed by atoms with Crippen LogP contribution in [0.2, 0.25) is 0 Å². The molecule has 0 unspecified atom stereocenters. The number of aliphatic carboxylic acids is 1. The first-order chi connectivity index (χ1) is 9.61. The number of aryl methyl sites for hydroxylation is 1. The molecule has 2 aliphatic rings. The highest BCUT2D eigenvalue weighted by molar-refractivity contribution is 5.89. The topological polar surface area (TPSA) is 70.8 Å². The van der Waals surface area contributed by atoms with E-state index in [4.69, 9.17) is 9.52 Å². The van der Waals surface area contributed by atoms with Crippen molar-refractivity contribution < 1.29 is 19.1 Å². The molecule has 2 fully saturated rings. The van der Waals surface area contributed by atoms with Crippen LogP contribution >= 0.6 is 0 Å². The fourth-order valence-electron chi connectivity index (χ4n) is 3.04. The molecule has 3 atom stereocenters. The van der Waals surface area contributed by atoms with Gasteiger partial charge in [0.2, 0.25) is 5.91 Å². The van der Waals surface area contributed by atoms with Gasteiger partial charge < -0.3 is 14.4 Å². The van der Waals surface area contributed by atoms with Crippen LogP contribution in [0.15, 0.2) is 16.5 Å². The van der Waals surface area contributed by atoms with Crippen LogP contribution in [-0.2, 0) is 16.0 Å². The first kappa shape index (κ1) is 13.2. The molecule has 1 saturated heterocycles. The second kappa shape index (κ2) is 4.96. The summed E-state index contributed by atoms with van der Waals surface area (Å²) in [6, 6.07) is 3.88. The van der Waals surface area contributed by atoms with Gasteiger partial charge in [0, 0.05) is 13.0 Å². The lowest BCUT2D eigenvalue weighted by molar-refractivity contribution is -0.142. The van der Waals surface area contributed by atoms with Crippen molar-refractivity contribution in [3.8, 4) is 0 Å². The first-order valence-electron chi connectivity index (χ1n) is 7.23.